The van der Waals surface area contributed by atoms with Crippen LogP contribution in [0.25, 0.3) is 0 Å². The Labute approximate surface area is 170 Å². The third-order valence-corrected chi connectivity index (χ3v) is 6.34. The molecule has 0 aromatic heterocycles. The van der Waals surface area contributed by atoms with Gasteiger partial charge >= 0.3 is 0 Å². The molecule has 6 nitrogen and oxygen atoms in total. The van der Waals surface area contributed by atoms with E-state index in [0.29, 0.717) is 22.5 Å². The lowest BCUT2D eigenvalue weighted by Crippen LogP contribution is -2.26. The van der Waals surface area contributed by atoms with E-state index in [1.165, 1.54) is 11.4 Å². The number of carbonyl (C=O) groups is 1. The van der Waals surface area contributed by atoms with Crippen molar-refractivity contribution in [3.8, 4) is 0 Å². The highest BCUT2D eigenvalue weighted by Crippen LogP contribution is 2.23. The van der Waals surface area contributed by atoms with Gasteiger partial charge in [-0.15, -0.1) is 0 Å². The summed E-state index contributed by atoms with van der Waals surface area (Å²) in [4.78, 5) is 12.6. The second kappa shape index (κ2) is 8.46. The summed E-state index contributed by atoms with van der Waals surface area (Å²) in [5, 5.41) is 12.0. The van der Waals surface area contributed by atoms with Crippen LogP contribution in [0.5, 0.6) is 0 Å². The van der Waals surface area contributed by atoms with Crippen LogP contribution in [0.3, 0.4) is 0 Å². The molecule has 1 amide bonds. The molecule has 0 atom stereocenters. The summed E-state index contributed by atoms with van der Waals surface area (Å²) in [6, 6.07) is 19.9. The Hall–Kier alpha value is -3.16. The van der Waals surface area contributed by atoms with Crippen molar-refractivity contribution in [1.82, 2.24) is 0 Å². The molecule has 3 rings (SSSR count). The van der Waals surface area contributed by atoms with E-state index in [1.807, 2.05) is 6.92 Å². The third kappa shape index (κ3) is 4.64. The Morgan fingerprint density at radius 2 is 1.66 bits per heavy atom. The molecule has 0 aliphatic rings. The monoisotopic (exact) mass is 410 g/mol. The molecular formula is C22H22N2O4S. The van der Waals surface area contributed by atoms with Crippen molar-refractivity contribution in [3.05, 3.63) is 89.5 Å². The fourth-order valence-electron chi connectivity index (χ4n) is 2.78. The SMILES string of the molecule is Cc1ccc(S(=O)(=O)N(C)c2ccc(C(=O)Nc3cccc(CO)c3)cc2)cc1. The number of aryl methyl sites for hydroxylation is 1. The first-order valence-electron chi connectivity index (χ1n) is 8.98. The van der Waals surface area contributed by atoms with E-state index in [9.17, 15) is 18.3 Å². The van der Waals surface area contributed by atoms with E-state index in [-0.39, 0.29) is 17.4 Å². The van der Waals surface area contributed by atoms with Crippen molar-refractivity contribution < 1.29 is 18.3 Å². The average Bonchev–Trinajstić information content (AvgIpc) is 2.73. The molecule has 7 heteroatoms. The molecule has 2 N–H and O–H groups in total. The molecule has 0 aliphatic heterocycles. The second-order valence-electron chi connectivity index (χ2n) is 6.65. The third-order valence-electron chi connectivity index (χ3n) is 4.54. The standard InChI is InChI=1S/C22H22N2O4S/c1-16-6-12-21(13-7-16)29(27,28)24(2)20-10-8-18(9-11-20)22(26)23-19-5-3-4-17(14-19)15-25/h3-14,25H,15H2,1-2H3,(H,23,26). The maximum Gasteiger partial charge on any atom is 0.264 e. The van der Waals surface area contributed by atoms with Crippen LogP contribution < -0.4 is 9.62 Å². The van der Waals surface area contributed by atoms with Crippen molar-refractivity contribution in [1.29, 1.82) is 0 Å². The molecule has 0 aliphatic carbocycles. The van der Waals surface area contributed by atoms with E-state index >= 15 is 0 Å². The predicted octanol–water partition coefficient (Wildman–Crippen LogP) is 3.56. The Balaban J connectivity index is 1.76. The van der Waals surface area contributed by atoms with E-state index < -0.39 is 10.0 Å². The number of benzene rings is 3. The van der Waals surface area contributed by atoms with Crippen LogP contribution in [-0.2, 0) is 16.6 Å². The van der Waals surface area contributed by atoms with Crippen LogP contribution in [0.15, 0.2) is 77.7 Å². The van der Waals surface area contributed by atoms with Gasteiger partial charge in [0.05, 0.1) is 17.2 Å². The molecule has 0 unspecified atom stereocenters. The van der Waals surface area contributed by atoms with Crippen molar-refractivity contribution in [2.45, 2.75) is 18.4 Å². The van der Waals surface area contributed by atoms with Crippen molar-refractivity contribution in [2.24, 2.45) is 0 Å². The first kappa shape index (κ1) is 20.6. The number of nitrogens with zero attached hydrogens (tertiary/aromatic N) is 1. The van der Waals surface area contributed by atoms with E-state index in [4.69, 9.17) is 0 Å². The second-order valence-corrected chi connectivity index (χ2v) is 8.61. The molecule has 0 saturated heterocycles. The van der Waals surface area contributed by atoms with Gasteiger partial charge in [0.1, 0.15) is 0 Å². The topological polar surface area (TPSA) is 86.7 Å². The summed E-state index contributed by atoms with van der Waals surface area (Å²) in [7, 11) is -2.21. The largest absolute Gasteiger partial charge is 0.392 e. The van der Waals surface area contributed by atoms with Gasteiger partial charge in [-0.25, -0.2) is 8.42 Å². The molecule has 0 bridgehead atoms. The van der Waals surface area contributed by atoms with Gasteiger partial charge in [-0.2, -0.15) is 0 Å². The van der Waals surface area contributed by atoms with Gasteiger partial charge in [0.25, 0.3) is 15.9 Å². The van der Waals surface area contributed by atoms with Gasteiger partial charge < -0.3 is 10.4 Å². The molecule has 0 fully saturated rings. The molecule has 3 aromatic rings. The zero-order chi connectivity index (χ0) is 21.0. The number of sulfonamides is 1. The van der Waals surface area contributed by atoms with Crippen molar-refractivity contribution >= 4 is 27.3 Å². The number of aliphatic hydroxyl groups excluding tert-OH is 1. The quantitative estimate of drug-likeness (QED) is 0.650. The summed E-state index contributed by atoms with van der Waals surface area (Å²) < 4.78 is 26.8. The van der Waals surface area contributed by atoms with Gasteiger partial charge in [0.15, 0.2) is 0 Å². The number of hydrogen-bond donors (Lipinski definition) is 2. The minimum Gasteiger partial charge on any atom is -0.392 e. The Morgan fingerprint density at radius 1 is 1.00 bits per heavy atom. The smallest absolute Gasteiger partial charge is 0.264 e. The highest BCUT2D eigenvalue weighted by Gasteiger charge is 2.21. The van der Waals surface area contributed by atoms with Crippen molar-refractivity contribution in [2.75, 3.05) is 16.7 Å². The highest BCUT2D eigenvalue weighted by molar-refractivity contribution is 7.92. The van der Waals surface area contributed by atoms with Gasteiger partial charge in [-0.05, 0) is 61.0 Å². The maximum atomic E-state index is 12.8. The Morgan fingerprint density at radius 3 is 2.28 bits per heavy atom. The fourth-order valence-corrected chi connectivity index (χ4v) is 3.98. The van der Waals surface area contributed by atoms with Crippen LogP contribution in [0.2, 0.25) is 0 Å². The molecule has 0 spiro atoms. The van der Waals surface area contributed by atoms with Gasteiger partial charge in [0, 0.05) is 18.3 Å². The van der Waals surface area contributed by atoms with Crippen LogP contribution in [0.1, 0.15) is 21.5 Å². The minimum atomic E-state index is -3.69. The summed E-state index contributed by atoms with van der Waals surface area (Å²) in [6.07, 6.45) is 0. The van der Waals surface area contributed by atoms with Crippen LogP contribution in [0.4, 0.5) is 11.4 Å². The number of hydrogen-bond acceptors (Lipinski definition) is 4. The Bertz CT molecular complexity index is 1110. The number of anilines is 2. The number of aliphatic hydroxyl groups is 1. The number of rotatable bonds is 6. The van der Waals surface area contributed by atoms with Crippen LogP contribution >= 0.6 is 0 Å². The molecule has 29 heavy (non-hydrogen) atoms. The Kier molecular flexibility index (Phi) is 6.00. The minimum absolute atomic E-state index is 0.111. The van der Waals surface area contributed by atoms with Gasteiger partial charge in [-0.3, -0.25) is 9.10 Å². The summed E-state index contributed by atoms with van der Waals surface area (Å²) >= 11 is 0. The molecule has 0 saturated carbocycles. The lowest BCUT2D eigenvalue weighted by Gasteiger charge is -2.20. The zero-order valence-corrected chi connectivity index (χ0v) is 17.0. The molecule has 0 heterocycles. The molecule has 150 valence electrons. The van der Waals surface area contributed by atoms with Crippen LogP contribution in [-0.4, -0.2) is 26.5 Å². The number of nitrogens with one attached hydrogen (secondary N) is 1. The van der Waals surface area contributed by atoms with E-state index in [0.717, 1.165) is 5.56 Å². The average molecular weight is 410 g/mol. The first-order chi connectivity index (χ1) is 13.8. The summed E-state index contributed by atoms with van der Waals surface area (Å²) in [6.45, 7) is 1.78. The lowest BCUT2D eigenvalue weighted by atomic mass is 10.1. The first-order valence-corrected chi connectivity index (χ1v) is 10.4. The highest BCUT2D eigenvalue weighted by atomic mass is 32.2. The number of carbonyl (C=O) groups excluding carboxylic acids is 1. The van der Waals surface area contributed by atoms with Gasteiger partial charge in [-0.1, -0.05) is 29.8 Å². The van der Waals surface area contributed by atoms with E-state index in [2.05, 4.69) is 5.32 Å². The lowest BCUT2D eigenvalue weighted by molar-refractivity contribution is 0.102. The zero-order valence-electron chi connectivity index (χ0n) is 16.2. The van der Waals surface area contributed by atoms with Crippen LogP contribution in [0, 0.1) is 6.92 Å². The van der Waals surface area contributed by atoms with Gasteiger partial charge in [0.2, 0.25) is 0 Å². The number of amides is 1. The molecular weight excluding hydrogens is 388 g/mol. The van der Waals surface area contributed by atoms with E-state index in [1.54, 1.807) is 72.8 Å². The molecule has 0 radical (unpaired) electrons. The summed E-state index contributed by atoms with van der Waals surface area (Å²) in [5.41, 5.74) is 3.09. The van der Waals surface area contributed by atoms with Crippen molar-refractivity contribution in [3.63, 3.8) is 0 Å². The molecule has 3 aromatic carbocycles. The maximum absolute atomic E-state index is 12.8. The predicted molar refractivity (Wildman–Crippen MR) is 114 cm³/mol. The fraction of sp³-hybridized carbons (Fsp3) is 0.136. The summed E-state index contributed by atoms with van der Waals surface area (Å²) in [5.74, 6) is -0.323. The normalized spacial score (nSPS) is 11.1.